The summed E-state index contributed by atoms with van der Waals surface area (Å²) in [5.74, 6) is -0.414. The molecule has 1 atom stereocenters. The Hall–Kier alpha value is -2.18. The number of halogens is 2. The van der Waals surface area contributed by atoms with E-state index in [-0.39, 0.29) is 41.3 Å². The number of nitrogens with two attached hydrogens (primary N) is 1. The lowest BCUT2D eigenvalue weighted by Gasteiger charge is -2.14. The first-order valence-corrected chi connectivity index (χ1v) is 7.87. The van der Waals surface area contributed by atoms with E-state index < -0.39 is 6.04 Å². The van der Waals surface area contributed by atoms with E-state index in [2.05, 4.69) is 5.32 Å². The van der Waals surface area contributed by atoms with Gasteiger partial charge in [-0.1, -0.05) is 26.0 Å². The van der Waals surface area contributed by atoms with Crippen LogP contribution in [0.3, 0.4) is 0 Å². The number of aromatic nitrogens is 1. The summed E-state index contributed by atoms with van der Waals surface area (Å²) in [5.41, 5.74) is 6.48. The Kier molecular flexibility index (Phi) is 7.80. The Morgan fingerprint density at radius 3 is 2.48 bits per heavy atom. The molecule has 0 fully saturated rings. The predicted molar refractivity (Wildman–Crippen MR) is 99.5 cm³/mol. The second-order valence-electron chi connectivity index (χ2n) is 6.21. The number of hydrogen-bond acceptors (Lipinski definition) is 3. The normalized spacial score (nSPS) is 11.7. The van der Waals surface area contributed by atoms with Gasteiger partial charge in [0.25, 0.3) is 5.56 Å². The van der Waals surface area contributed by atoms with Gasteiger partial charge in [-0.25, -0.2) is 4.39 Å². The highest BCUT2D eigenvalue weighted by atomic mass is 35.5. The molecule has 2 rings (SSSR count). The van der Waals surface area contributed by atoms with Crippen LogP contribution in [0.5, 0.6) is 0 Å². The van der Waals surface area contributed by atoms with Crippen molar-refractivity contribution < 1.29 is 9.18 Å². The molecule has 5 nitrogen and oxygen atoms in total. The molecule has 0 aliphatic carbocycles. The molecule has 1 heterocycles. The van der Waals surface area contributed by atoms with E-state index in [0.29, 0.717) is 13.0 Å². The summed E-state index contributed by atoms with van der Waals surface area (Å²) >= 11 is 0. The fourth-order valence-corrected chi connectivity index (χ4v) is 2.38. The number of nitrogens with zero attached hydrogens (tertiary/aromatic N) is 1. The first kappa shape index (κ1) is 20.9. The third-order valence-electron chi connectivity index (χ3n) is 3.61. The molecule has 0 bridgehead atoms. The average Bonchev–Trinajstić information content (AvgIpc) is 2.52. The lowest BCUT2D eigenvalue weighted by atomic mass is 10.0. The highest BCUT2D eigenvalue weighted by Crippen LogP contribution is 2.08. The second kappa shape index (κ2) is 9.34. The fraction of sp³-hybridized carbons (Fsp3) is 0.333. The minimum Gasteiger partial charge on any atom is -0.320 e. The van der Waals surface area contributed by atoms with Gasteiger partial charge in [-0.05, 0) is 42.2 Å². The zero-order valence-corrected chi connectivity index (χ0v) is 15.1. The van der Waals surface area contributed by atoms with Crippen molar-refractivity contribution in [2.75, 3.05) is 5.32 Å². The van der Waals surface area contributed by atoms with E-state index in [1.807, 2.05) is 13.8 Å². The summed E-state index contributed by atoms with van der Waals surface area (Å²) in [7, 11) is 0. The minimum atomic E-state index is -0.657. The molecule has 136 valence electrons. The van der Waals surface area contributed by atoms with E-state index in [9.17, 15) is 14.0 Å². The van der Waals surface area contributed by atoms with E-state index in [4.69, 9.17) is 5.73 Å². The van der Waals surface area contributed by atoms with Gasteiger partial charge in [-0.2, -0.15) is 0 Å². The van der Waals surface area contributed by atoms with Gasteiger partial charge in [-0.3, -0.25) is 9.59 Å². The highest BCUT2D eigenvalue weighted by Gasteiger charge is 2.16. The first-order valence-electron chi connectivity index (χ1n) is 7.87. The zero-order chi connectivity index (χ0) is 17.7. The first-order chi connectivity index (χ1) is 11.4. The molecule has 0 aliphatic heterocycles. The molecule has 0 spiro atoms. The van der Waals surface area contributed by atoms with Crippen molar-refractivity contribution in [1.82, 2.24) is 4.57 Å². The monoisotopic (exact) mass is 367 g/mol. The fourth-order valence-electron chi connectivity index (χ4n) is 2.38. The number of pyridine rings is 1. The Morgan fingerprint density at radius 1 is 1.24 bits per heavy atom. The van der Waals surface area contributed by atoms with Crippen molar-refractivity contribution in [3.8, 4) is 0 Å². The lowest BCUT2D eigenvalue weighted by Crippen LogP contribution is -2.38. The number of rotatable bonds is 6. The highest BCUT2D eigenvalue weighted by molar-refractivity contribution is 5.94. The van der Waals surface area contributed by atoms with Crippen molar-refractivity contribution in [3.05, 3.63) is 64.3 Å². The number of carbonyl (C=O) groups is 1. The quantitative estimate of drug-likeness (QED) is 0.824. The van der Waals surface area contributed by atoms with Crippen LogP contribution in [-0.4, -0.2) is 16.5 Å². The van der Waals surface area contributed by atoms with Crippen molar-refractivity contribution in [2.24, 2.45) is 11.7 Å². The number of anilines is 1. The topological polar surface area (TPSA) is 77.1 Å². The summed E-state index contributed by atoms with van der Waals surface area (Å²) in [4.78, 5) is 24.5. The van der Waals surface area contributed by atoms with Crippen LogP contribution >= 0.6 is 12.4 Å². The number of nitrogens with one attached hydrogen (secondary N) is 1. The molecule has 0 radical (unpaired) electrons. The summed E-state index contributed by atoms with van der Waals surface area (Å²) < 4.78 is 14.4. The van der Waals surface area contributed by atoms with Gasteiger partial charge in [0.1, 0.15) is 11.5 Å². The van der Waals surface area contributed by atoms with Crippen LogP contribution in [0, 0.1) is 11.7 Å². The van der Waals surface area contributed by atoms with Gasteiger partial charge in [0.2, 0.25) is 5.91 Å². The minimum absolute atomic E-state index is 0. The van der Waals surface area contributed by atoms with Crippen LogP contribution in [-0.2, 0) is 11.3 Å². The van der Waals surface area contributed by atoms with Crippen molar-refractivity contribution >= 4 is 24.0 Å². The molecular formula is C18H23ClFN3O2. The van der Waals surface area contributed by atoms with Crippen LogP contribution < -0.4 is 16.6 Å². The van der Waals surface area contributed by atoms with Crippen LogP contribution in [0.2, 0.25) is 0 Å². The maximum absolute atomic E-state index is 13.0. The molecule has 0 saturated heterocycles. The zero-order valence-electron chi connectivity index (χ0n) is 14.2. The summed E-state index contributed by atoms with van der Waals surface area (Å²) in [6, 6.07) is 8.48. The largest absolute Gasteiger partial charge is 0.320 e. The van der Waals surface area contributed by atoms with Crippen molar-refractivity contribution in [2.45, 2.75) is 32.9 Å². The molecule has 2 aromatic rings. The molecular weight excluding hydrogens is 345 g/mol. The molecule has 1 aromatic heterocycles. The maximum atomic E-state index is 13.0. The Labute approximate surface area is 152 Å². The standard InChI is InChI=1S/C18H22FN3O2.ClH/c1-12(2)10-15(20)17(23)21-16-4-3-9-22(18(16)24)11-13-5-7-14(19)8-6-13;/h3-9,12,15H,10-11,20H2,1-2H3,(H,21,23);1H/t15-;/m0./s1. The lowest BCUT2D eigenvalue weighted by molar-refractivity contribution is -0.117. The van der Waals surface area contributed by atoms with Gasteiger partial charge >= 0.3 is 0 Å². The smallest absolute Gasteiger partial charge is 0.274 e. The van der Waals surface area contributed by atoms with Crippen LogP contribution in [0.25, 0.3) is 0 Å². The molecule has 0 saturated carbocycles. The Balaban J connectivity index is 0.00000312. The average molecular weight is 368 g/mol. The predicted octanol–water partition coefficient (Wildman–Crippen LogP) is 2.77. The molecule has 7 heteroatoms. The maximum Gasteiger partial charge on any atom is 0.274 e. The third kappa shape index (κ3) is 5.99. The van der Waals surface area contributed by atoms with Crippen LogP contribution in [0.1, 0.15) is 25.8 Å². The second-order valence-corrected chi connectivity index (χ2v) is 6.21. The van der Waals surface area contributed by atoms with E-state index in [0.717, 1.165) is 5.56 Å². The van der Waals surface area contributed by atoms with Crippen LogP contribution in [0.15, 0.2) is 47.4 Å². The number of hydrogen-bond donors (Lipinski definition) is 2. The summed E-state index contributed by atoms with van der Waals surface area (Å²) in [6.45, 7) is 4.25. The summed E-state index contributed by atoms with van der Waals surface area (Å²) in [6.07, 6.45) is 2.16. The third-order valence-corrected chi connectivity index (χ3v) is 3.61. The molecule has 1 aromatic carbocycles. The number of benzene rings is 1. The van der Waals surface area contributed by atoms with Crippen molar-refractivity contribution in [1.29, 1.82) is 0 Å². The van der Waals surface area contributed by atoms with Gasteiger partial charge in [0.15, 0.2) is 0 Å². The Morgan fingerprint density at radius 2 is 1.88 bits per heavy atom. The molecule has 0 aliphatic rings. The van der Waals surface area contributed by atoms with Gasteiger partial charge in [0, 0.05) is 6.20 Å². The molecule has 3 N–H and O–H groups in total. The van der Waals surface area contributed by atoms with Crippen molar-refractivity contribution in [3.63, 3.8) is 0 Å². The molecule has 25 heavy (non-hydrogen) atoms. The number of carbonyl (C=O) groups excluding carboxylic acids is 1. The molecule has 0 unspecified atom stereocenters. The van der Waals surface area contributed by atoms with E-state index >= 15 is 0 Å². The summed E-state index contributed by atoms with van der Waals surface area (Å²) in [5, 5.41) is 2.59. The van der Waals surface area contributed by atoms with Gasteiger partial charge in [0.05, 0.1) is 12.6 Å². The Bertz CT molecular complexity index is 760. The number of amides is 1. The molecule has 1 amide bonds. The van der Waals surface area contributed by atoms with Gasteiger partial charge < -0.3 is 15.6 Å². The van der Waals surface area contributed by atoms with Gasteiger partial charge in [-0.15, -0.1) is 12.4 Å². The van der Waals surface area contributed by atoms with E-state index in [1.54, 1.807) is 30.5 Å². The van der Waals surface area contributed by atoms with Crippen LogP contribution in [0.4, 0.5) is 10.1 Å². The van der Waals surface area contributed by atoms with E-state index in [1.165, 1.54) is 16.7 Å². The SMILES string of the molecule is CC(C)C[C@H](N)C(=O)Nc1cccn(Cc2ccc(F)cc2)c1=O.Cl.